The van der Waals surface area contributed by atoms with Crippen LogP contribution in [0.5, 0.6) is 0 Å². The van der Waals surface area contributed by atoms with Crippen LogP contribution in [0.1, 0.15) is 29.1 Å². The molecule has 2 rings (SSSR count). The summed E-state index contributed by atoms with van der Waals surface area (Å²) in [6.45, 7) is 1.77. The Morgan fingerprint density at radius 2 is 2.22 bits per heavy atom. The molecule has 0 saturated carbocycles. The van der Waals surface area contributed by atoms with E-state index in [0.29, 0.717) is 5.82 Å². The Bertz CT molecular complexity index is 557. The first kappa shape index (κ1) is 12.8. The van der Waals surface area contributed by atoms with Gasteiger partial charge in [0, 0.05) is 0 Å². The molecule has 0 spiro atoms. The van der Waals surface area contributed by atoms with E-state index in [1.54, 1.807) is 6.92 Å². The van der Waals surface area contributed by atoms with E-state index in [2.05, 4.69) is 25.5 Å². The fraction of sp³-hybridized carbons (Fsp3) is 0.200. The van der Waals surface area contributed by atoms with Gasteiger partial charge in [-0.05, 0) is 19.1 Å². The number of carbonyl (C=O) groups is 1. The molecule has 94 valence electrons. The number of hydrogen-bond donors (Lipinski definition) is 2. The second kappa shape index (κ2) is 5.32. The molecule has 0 fully saturated rings. The van der Waals surface area contributed by atoms with Crippen LogP contribution in [0, 0.1) is 0 Å². The molecule has 2 N–H and O–H groups in total. The van der Waals surface area contributed by atoms with Crippen LogP contribution in [0.2, 0.25) is 10.3 Å². The van der Waals surface area contributed by atoms with Crippen LogP contribution in [0.25, 0.3) is 0 Å². The zero-order chi connectivity index (χ0) is 13.1. The molecule has 0 aromatic carbocycles. The summed E-state index contributed by atoms with van der Waals surface area (Å²) < 4.78 is 0. The largest absolute Gasteiger partial charge is 0.342 e. The predicted molar refractivity (Wildman–Crippen MR) is 66.5 cm³/mol. The Balaban J connectivity index is 2.12. The van der Waals surface area contributed by atoms with Crippen molar-refractivity contribution in [2.45, 2.75) is 13.0 Å². The Morgan fingerprint density at radius 3 is 2.83 bits per heavy atom. The second-order valence-corrected chi connectivity index (χ2v) is 4.28. The van der Waals surface area contributed by atoms with Crippen LogP contribution >= 0.6 is 23.2 Å². The average Bonchev–Trinajstić information content (AvgIpc) is 2.81. The Morgan fingerprint density at radius 1 is 1.44 bits per heavy atom. The van der Waals surface area contributed by atoms with Crippen LogP contribution in [-0.2, 0) is 0 Å². The summed E-state index contributed by atoms with van der Waals surface area (Å²) in [5.41, 5.74) is 0.257. The third-order valence-corrected chi connectivity index (χ3v) is 2.75. The highest BCUT2D eigenvalue weighted by Gasteiger charge is 2.16. The maximum Gasteiger partial charge on any atom is 0.254 e. The molecular formula is C10H9Cl2N5O. The lowest BCUT2D eigenvalue weighted by atomic mass is 10.2. The zero-order valence-electron chi connectivity index (χ0n) is 9.32. The van der Waals surface area contributed by atoms with Crippen LogP contribution in [-0.4, -0.2) is 26.1 Å². The van der Waals surface area contributed by atoms with E-state index in [0.717, 1.165) is 0 Å². The minimum Gasteiger partial charge on any atom is -0.342 e. The molecule has 2 aromatic rings. The molecule has 0 aliphatic carbocycles. The average molecular weight is 286 g/mol. The highest BCUT2D eigenvalue weighted by molar-refractivity contribution is 6.34. The van der Waals surface area contributed by atoms with Crippen molar-refractivity contribution in [3.63, 3.8) is 0 Å². The van der Waals surface area contributed by atoms with Crippen molar-refractivity contribution in [1.82, 2.24) is 25.5 Å². The Labute approximate surface area is 113 Å². The van der Waals surface area contributed by atoms with Gasteiger partial charge in [0.1, 0.15) is 22.5 Å². The first-order chi connectivity index (χ1) is 8.58. The van der Waals surface area contributed by atoms with Crippen molar-refractivity contribution in [3.8, 4) is 0 Å². The number of nitrogens with one attached hydrogen (secondary N) is 2. The zero-order valence-corrected chi connectivity index (χ0v) is 10.8. The molecule has 8 heteroatoms. The number of carbonyl (C=O) groups excluding carboxylic acids is 1. The first-order valence-electron chi connectivity index (χ1n) is 5.06. The number of amides is 1. The monoisotopic (exact) mass is 285 g/mol. The van der Waals surface area contributed by atoms with Crippen LogP contribution in [0.3, 0.4) is 0 Å². The molecule has 0 bridgehead atoms. The number of pyridine rings is 1. The van der Waals surface area contributed by atoms with Crippen LogP contribution < -0.4 is 5.32 Å². The van der Waals surface area contributed by atoms with E-state index in [4.69, 9.17) is 23.2 Å². The quantitative estimate of drug-likeness (QED) is 0.845. The summed E-state index contributed by atoms with van der Waals surface area (Å²) in [4.78, 5) is 19.7. The van der Waals surface area contributed by atoms with Crippen molar-refractivity contribution in [2.24, 2.45) is 0 Å². The van der Waals surface area contributed by atoms with Gasteiger partial charge in [-0.25, -0.2) is 9.97 Å². The molecule has 2 aromatic heterocycles. The number of aromatic nitrogens is 4. The minimum atomic E-state index is -0.354. The van der Waals surface area contributed by atoms with Gasteiger partial charge in [-0.15, -0.1) is 0 Å². The summed E-state index contributed by atoms with van der Waals surface area (Å²) in [7, 11) is 0. The first-order valence-corrected chi connectivity index (χ1v) is 5.81. The normalized spacial score (nSPS) is 12.2. The lowest BCUT2D eigenvalue weighted by molar-refractivity contribution is 0.0938. The predicted octanol–water partition coefficient (Wildman–Crippen LogP) is 2.00. The fourth-order valence-electron chi connectivity index (χ4n) is 1.35. The summed E-state index contributed by atoms with van der Waals surface area (Å²) in [6.07, 6.45) is 1.37. The number of halogens is 2. The van der Waals surface area contributed by atoms with Crippen molar-refractivity contribution < 1.29 is 4.79 Å². The molecule has 1 amide bonds. The highest BCUT2D eigenvalue weighted by Crippen LogP contribution is 2.17. The molecular weight excluding hydrogens is 277 g/mol. The molecule has 1 atom stereocenters. The van der Waals surface area contributed by atoms with E-state index in [1.165, 1.54) is 18.5 Å². The van der Waals surface area contributed by atoms with E-state index in [9.17, 15) is 4.79 Å². The Hall–Kier alpha value is -1.66. The Kier molecular flexibility index (Phi) is 3.78. The number of rotatable bonds is 3. The minimum absolute atomic E-state index is 0.0600. The van der Waals surface area contributed by atoms with E-state index < -0.39 is 0 Å². The molecule has 6 nitrogen and oxygen atoms in total. The smallest absolute Gasteiger partial charge is 0.254 e. The van der Waals surface area contributed by atoms with Gasteiger partial charge in [0.2, 0.25) is 0 Å². The number of H-pyrrole nitrogens is 1. The lowest BCUT2D eigenvalue weighted by Crippen LogP contribution is -2.27. The van der Waals surface area contributed by atoms with Gasteiger partial charge < -0.3 is 5.32 Å². The lowest BCUT2D eigenvalue weighted by Gasteiger charge is -2.11. The van der Waals surface area contributed by atoms with Gasteiger partial charge in [-0.3, -0.25) is 9.89 Å². The number of hydrogen-bond acceptors (Lipinski definition) is 4. The van der Waals surface area contributed by atoms with Crippen molar-refractivity contribution in [3.05, 3.63) is 40.2 Å². The van der Waals surface area contributed by atoms with Crippen LogP contribution in [0.15, 0.2) is 18.5 Å². The molecule has 0 aliphatic heterocycles. The fourth-order valence-corrected chi connectivity index (χ4v) is 1.78. The maximum absolute atomic E-state index is 11.9. The van der Waals surface area contributed by atoms with Gasteiger partial charge in [0.25, 0.3) is 5.91 Å². The second-order valence-electron chi connectivity index (χ2n) is 3.54. The third-order valence-electron chi connectivity index (χ3n) is 2.25. The van der Waals surface area contributed by atoms with Gasteiger partial charge in [-0.1, -0.05) is 23.2 Å². The summed E-state index contributed by atoms with van der Waals surface area (Å²) in [6, 6.07) is 2.70. The van der Waals surface area contributed by atoms with E-state index in [1.807, 2.05) is 0 Å². The van der Waals surface area contributed by atoms with Gasteiger partial charge >= 0.3 is 0 Å². The van der Waals surface area contributed by atoms with Crippen molar-refractivity contribution in [1.29, 1.82) is 0 Å². The van der Waals surface area contributed by atoms with Crippen molar-refractivity contribution in [2.75, 3.05) is 0 Å². The van der Waals surface area contributed by atoms with Gasteiger partial charge in [0.15, 0.2) is 0 Å². The van der Waals surface area contributed by atoms with E-state index >= 15 is 0 Å². The third kappa shape index (κ3) is 2.77. The molecule has 18 heavy (non-hydrogen) atoms. The van der Waals surface area contributed by atoms with Gasteiger partial charge in [0.05, 0.1) is 11.6 Å². The number of aromatic amines is 1. The topological polar surface area (TPSA) is 83.6 Å². The molecule has 0 saturated heterocycles. The highest BCUT2D eigenvalue weighted by atomic mass is 35.5. The summed E-state index contributed by atoms with van der Waals surface area (Å²) in [5, 5.41) is 9.40. The van der Waals surface area contributed by atoms with E-state index in [-0.39, 0.29) is 27.8 Å². The van der Waals surface area contributed by atoms with Gasteiger partial charge in [-0.2, -0.15) is 5.10 Å². The molecule has 2 heterocycles. The standard InChI is InChI=1S/C10H9Cl2N5O/c1-5(9-13-4-14-17-9)15-10(18)6-2-3-7(11)16-8(6)12/h2-5H,1H3,(H,15,18)(H,13,14,17). The summed E-state index contributed by atoms with van der Waals surface area (Å²) >= 11 is 11.5. The maximum atomic E-state index is 11.9. The summed E-state index contributed by atoms with van der Waals surface area (Å²) in [5.74, 6) is 0.203. The van der Waals surface area contributed by atoms with Crippen molar-refractivity contribution >= 4 is 29.1 Å². The van der Waals surface area contributed by atoms with Crippen LogP contribution in [0.4, 0.5) is 0 Å². The molecule has 0 aliphatic rings. The SMILES string of the molecule is CC(NC(=O)c1ccc(Cl)nc1Cl)c1ncn[nH]1. The number of nitrogens with zero attached hydrogens (tertiary/aromatic N) is 3. The molecule has 0 radical (unpaired) electrons. The molecule has 1 unspecified atom stereocenters.